The van der Waals surface area contributed by atoms with Gasteiger partial charge in [-0.1, -0.05) is 120 Å². The van der Waals surface area contributed by atoms with E-state index in [0.29, 0.717) is 17.4 Å². The second-order valence-corrected chi connectivity index (χ2v) is 14.5. The number of esters is 2. The van der Waals surface area contributed by atoms with Crippen LogP contribution in [0.5, 0.6) is 0 Å². The van der Waals surface area contributed by atoms with Gasteiger partial charge < -0.3 is 33.3 Å². The van der Waals surface area contributed by atoms with Crippen LogP contribution in [-0.2, 0) is 33.3 Å². The minimum absolute atomic E-state index is 0.142. The SMILES string of the molecule is CC/C=C\C/C=C\C/C=C\CCCCCCCCCC(=O)OC(COC(=O)CCCCCCC/C=C\CCC)COC(OCC[N+](C)(C)C)C(=O)[O-]. The molecule has 0 aliphatic heterocycles. The van der Waals surface area contributed by atoms with Gasteiger partial charge in [0, 0.05) is 12.8 Å². The molecule has 52 heavy (non-hydrogen) atoms. The maximum atomic E-state index is 12.7. The summed E-state index contributed by atoms with van der Waals surface area (Å²) < 4.78 is 22.4. The van der Waals surface area contributed by atoms with Crippen LogP contribution in [0.1, 0.15) is 149 Å². The van der Waals surface area contributed by atoms with Gasteiger partial charge in [0.25, 0.3) is 0 Å². The molecule has 300 valence electrons. The van der Waals surface area contributed by atoms with E-state index < -0.39 is 24.3 Å². The Morgan fingerprint density at radius 1 is 0.596 bits per heavy atom. The minimum atomic E-state index is -1.62. The Morgan fingerprint density at radius 3 is 1.65 bits per heavy atom. The van der Waals surface area contributed by atoms with Crippen molar-refractivity contribution >= 4 is 17.9 Å². The van der Waals surface area contributed by atoms with E-state index in [1.54, 1.807) is 0 Å². The van der Waals surface area contributed by atoms with E-state index in [0.717, 1.165) is 89.9 Å². The van der Waals surface area contributed by atoms with Crippen molar-refractivity contribution in [3.63, 3.8) is 0 Å². The molecule has 0 N–H and O–H groups in total. The second kappa shape index (κ2) is 35.3. The van der Waals surface area contributed by atoms with Gasteiger partial charge in [0.2, 0.25) is 0 Å². The minimum Gasteiger partial charge on any atom is -0.545 e. The van der Waals surface area contributed by atoms with Crippen LogP contribution in [0, 0.1) is 0 Å². The number of carboxylic acid groups (broad SMARTS) is 1. The first-order valence-electron chi connectivity index (χ1n) is 20.3. The molecule has 0 spiro atoms. The van der Waals surface area contributed by atoms with Crippen LogP contribution in [-0.4, -0.2) is 82.3 Å². The summed E-state index contributed by atoms with van der Waals surface area (Å²) in [6, 6.07) is 0. The molecule has 0 heterocycles. The Balaban J connectivity index is 4.50. The summed E-state index contributed by atoms with van der Waals surface area (Å²) in [6.07, 6.45) is 35.7. The molecule has 0 aliphatic rings. The number of quaternary nitrogens is 1. The molecular weight excluding hydrogens is 658 g/mol. The lowest BCUT2D eigenvalue weighted by molar-refractivity contribution is -0.870. The molecule has 0 aromatic carbocycles. The number of hydrogen-bond donors (Lipinski definition) is 0. The van der Waals surface area contributed by atoms with Crippen LogP contribution < -0.4 is 5.11 Å². The largest absolute Gasteiger partial charge is 0.545 e. The van der Waals surface area contributed by atoms with Crippen LogP contribution in [0.3, 0.4) is 0 Å². The van der Waals surface area contributed by atoms with Gasteiger partial charge in [0.05, 0.1) is 40.3 Å². The lowest BCUT2D eigenvalue weighted by Crippen LogP contribution is -2.44. The van der Waals surface area contributed by atoms with E-state index in [1.165, 1.54) is 25.7 Å². The summed E-state index contributed by atoms with van der Waals surface area (Å²) in [4.78, 5) is 36.8. The number of carbonyl (C=O) groups excluding carboxylic acids is 3. The zero-order valence-corrected chi connectivity index (χ0v) is 33.7. The lowest BCUT2D eigenvalue weighted by Gasteiger charge is -2.26. The fourth-order valence-corrected chi connectivity index (χ4v) is 5.14. The molecule has 0 saturated carbocycles. The second-order valence-electron chi connectivity index (χ2n) is 14.5. The third-order valence-corrected chi connectivity index (χ3v) is 8.29. The molecule has 0 rings (SSSR count). The summed E-state index contributed by atoms with van der Waals surface area (Å²) >= 11 is 0. The van der Waals surface area contributed by atoms with Crippen LogP contribution >= 0.6 is 0 Å². The molecule has 2 atom stereocenters. The van der Waals surface area contributed by atoms with Crippen molar-refractivity contribution in [1.29, 1.82) is 0 Å². The zero-order valence-electron chi connectivity index (χ0n) is 33.7. The Labute approximate surface area is 317 Å². The van der Waals surface area contributed by atoms with Crippen molar-refractivity contribution in [2.75, 3.05) is 47.5 Å². The highest BCUT2D eigenvalue weighted by molar-refractivity contribution is 5.70. The van der Waals surface area contributed by atoms with Crippen LogP contribution in [0.15, 0.2) is 48.6 Å². The van der Waals surface area contributed by atoms with Crippen molar-refractivity contribution in [3.8, 4) is 0 Å². The number of ether oxygens (including phenoxy) is 4. The fourth-order valence-electron chi connectivity index (χ4n) is 5.14. The predicted octanol–water partition coefficient (Wildman–Crippen LogP) is 8.71. The van der Waals surface area contributed by atoms with Gasteiger partial charge in [-0.05, 0) is 64.2 Å². The summed E-state index contributed by atoms with van der Waals surface area (Å²) in [6.45, 7) is 4.52. The van der Waals surface area contributed by atoms with Crippen molar-refractivity contribution in [1.82, 2.24) is 0 Å². The number of rotatable bonds is 36. The van der Waals surface area contributed by atoms with Crippen molar-refractivity contribution in [3.05, 3.63) is 48.6 Å². The van der Waals surface area contributed by atoms with Crippen molar-refractivity contribution < 1.29 is 42.9 Å². The summed E-state index contributed by atoms with van der Waals surface area (Å²) in [7, 11) is 5.89. The smallest absolute Gasteiger partial charge is 0.306 e. The standard InChI is InChI=1S/C43H75NO8/c1-6-8-10-12-14-16-18-19-20-21-22-23-24-26-28-30-32-34-41(46)52-39(38-51-43(42(47)48)49-36-35-44(3,4)5)37-50-40(45)33-31-29-27-25-17-15-13-11-9-7-2/h8,10-11,13-14,16,19-20,39,43H,6-7,9,12,15,17-18,21-38H2,1-5H3/b10-8-,13-11-,16-14-,20-19-. The molecule has 0 fully saturated rings. The summed E-state index contributed by atoms with van der Waals surface area (Å²) in [5, 5.41) is 11.6. The maximum absolute atomic E-state index is 12.7. The number of allylic oxidation sites excluding steroid dienone is 8. The Morgan fingerprint density at radius 2 is 1.10 bits per heavy atom. The Kier molecular flexibility index (Phi) is 33.4. The van der Waals surface area contributed by atoms with E-state index in [4.69, 9.17) is 18.9 Å². The molecule has 0 bridgehead atoms. The summed E-state index contributed by atoms with van der Waals surface area (Å²) in [5.41, 5.74) is 0. The molecule has 9 heteroatoms. The maximum Gasteiger partial charge on any atom is 0.306 e. The van der Waals surface area contributed by atoms with Crippen molar-refractivity contribution in [2.45, 2.75) is 161 Å². The average molecular weight is 734 g/mol. The van der Waals surface area contributed by atoms with E-state index in [2.05, 4.69) is 62.5 Å². The van der Waals surface area contributed by atoms with Crippen LogP contribution in [0.2, 0.25) is 0 Å². The van der Waals surface area contributed by atoms with Gasteiger partial charge in [0.15, 0.2) is 12.4 Å². The number of carbonyl (C=O) groups is 3. The van der Waals surface area contributed by atoms with Gasteiger partial charge in [-0.25, -0.2) is 0 Å². The number of hydrogen-bond acceptors (Lipinski definition) is 8. The third-order valence-electron chi connectivity index (χ3n) is 8.29. The molecule has 0 aromatic heterocycles. The summed E-state index contributed by atoms with van der Waals surface area (Å²) in [5.74, 6) is -2.32. The fraction of sp³-hybridized carbons (Fsp3) is 0.744. The Hall–Kier alpha value is -2.75. The van der Waals surface area contributed by atoms with Crippen LogP contribution in [0.4, 0.5) is 0 Å². The topological polar surface area (TPSA) is 111 Å². The lowest BCUT2D eigenvalue weighted by atomic mass is 10.1. The molecule has 2 unspecified atom stereocenters. The number of nitrogens with zero attached hydrogens (tertiary/aromatic N) is 1. The number of aliphatic carboxylic acids is 1. The number of unbranched alkanes of at least 4 members (excludes halogenated alkanes) is 13. The molecule has 0 radical (unpaired) electrons. The average Bonchev–Trinajstić information content (AvgIpc) is 3.09. The van der Waals surface area contributed by atoms with Gasteiger partial charge >= 0.3 is 11.9 Å². The van der Waals surface area contributed by atoms with Gasteiger partial charge in [-0.2, -0.15) is 0 Å². The first-order chi connectivity index (χ1) is 25.1. The van der Waals surface area contributed by atoms with E-state index in [-0.39, 0.29) is 38.6 Å². The highest BCUT2D eigenvalue weighted by Gasteiger charge is 2.21. The number of likely N-dealkylation sites (N-methyl/N-ethyl adjacent to an activating group) is 1. The predicted molar refractivity (Wildman–Crippen MR) is 209 cm³/mol. The van der Waals surface area contributed by atoms with Crippen LogP contribution in [0.25, 0.3) is 0 Å². The third kappa shape index (κ3) is 35.6. The molecule has 0 aliphatic carbocycles. The molecule has 0 amide bonds. The Bertz CT molecular complexity index is 998. The highest BCUT2D eigenvalue weighted by atomic mass is 16.7. The monoisotopic (exact) mass is 734 g/mol. The zero-order chi connectivity index (χ0) is 38.5. The van der Waals surface area contributed by atoms with E-state index in [1.807, 2.05) is 21.1 Å². The first kappa shape index (κ1) is 49.2. The molecule has 9 nitrogen and oxygen atoms in total. The number of carboxylic acids is 1. The van der Waals surface area contributed by atoms with Gasteiger partial charge in [-0.3, -0.25) is 9.59 Å². The highest BCUT2D eigenvalue weighted by Crippen LogP contribution is 2.13. The quantitative estimate of drug-likeness (QED) is 0.0207. The first-order valence-corrected chi connectivity index (χ1v) is 20.3. The van der Waals surface area contributed by atoms with E-state index in [9.17, 15) is 19.5 Å². The van der Waals surface area contributed by atoms with E-state index >= 15 is 0 Å². The normalized spacial score (nSPS) is 13.5. The van der Waals surface area contributed by atoms with Gasteiger partial charge in [-0.15, -0.1) is 0 Å². The molecule has 0 aromatic rings. The molecule has 0 saturated heterocycles. The molecular formula is C43H75NO8. The van der Waals surface area contributed by atoms with Gasteiger partial charge in [0.1, 0.15) is 13.2 Å². The van der Waals surface area contributed by atoms with Crippen molar-refractivity contribution in [2.24, 2.45) is 0 Å².